The number of pyridine rings is 1. The topological polar surface area (TPSA) is 91.3 Å². The molecule has 0 saturated heterocycles. The van der Waals surface area contributed by atoms with Crippen molar-refractivity contribution in [3.8, 4) is 0 Å². The van der Waals surface area contributed by atoms with Crippen LogP contribution in [0.15, 0.2) is 42.6 Å². The Balaban J connectivity index is 2.18. The van der Waals surface area contributed by atoms with Crippen molar-refractivity contribution in [3.63, 3.8) is 0 Å². The predicted octanol–water partition coefficient (Wildman–Crippen LogP) is 1.78. The van der Waals surface area contributed by atoms with Crippen molar-refractivity contribution in [2.75, 3.05) is 10.6 Å². The number of amides is 2. The lowest BCUT2D eigenvalue weighted by atomic mass is 10.2. The molecule has 6 nitrogen and oxygen atoms in total. The lowest BCUT2D eigenvalue weighted by molar-refractivity contribution is -0.114. The molecule has 0 radical (unpaired) electrons. The van der Waals surface area contributed by atoms with Gasteiger partial charge in [-0.25, -0.2) is 4.98 Å². The van der Waals surface area contributed by atoms with Crippen molar-refractivity contribution in [1.82, 2.24) is 4.98 Å². The second-order valence-corrected chi connectivity index (χ2v) is 4.39. The summed E-state index contributed by atoms with van der Waals surface area (Å²) in [4.78, 5) is 27.2. The first-order chi connectivity index (χ1) is 10.1. The van der Waals surface area contributed by atoms with Crippen LogP contribution < -0.4 is 10.6 Å². The fraction of sp³-hybridized carbons (Fsp3) is 0.133. The molecular weight excluding hydrogens is 270 g/mol. The number of rotatable bonds is 4. The van der Waals surface area contributed by atoms with Gasteiger partial charge in [-0.15, -0.1) is 0 Å². The van der Waals surface area contributed by atoms with Gasteiger partial charge in [-0.1, -0.05) is 12.1 Å². The summed E-state index contributed by atoms with van der Waals surface area (Å²) >= 11 is 0. The highest BCUT2D eigenvalue weighted by molar-refractivity contribution is 6.05. The number of aliphatic hydroxyl groups is 1. The average molecular weight is 285 g/mol. The molecule has 2 rings (SSSR count). The Hall–Kier alpha value is -2.73. The lowest BCUT2D eigenvalue weighted by Gasteiger charge is -2.09. The monoisotopic (exact) mass is 285 g/mol. The maximum absolute atomic E-state index is 12.2. The van der Waals surface area contributed by atoms with Gasteiger partial charge in [0.05, 0.1) is 6.61 Å². The molecule has 1 heterocycles. The minimum Gasteiger partial charge on any atom is -0.392 e. The molecule has 0 unspecified atom stereocenters. The summed E-state index contributed by atoms with van der Waals surface area (Å²) < 4.78 is 0. The Bertz CT molecular complexity index is 671. The molecule has 0 fully saturated rings. The molecule has 3 N–H and O–H groups in total. The predicted molar refractivity (Wildman–Crippen MR) is 78.9 cm³/mol. The van der Waals surface area contributed by atoms with Crippen LogP contribution in [-0.4, -0.2) is 21.9 Å². The first-order valence-electron chi connectivity index (χ1n) is 6.34. The summed E-state index contributed by atoms with van der Waals surface area (Å²) in [5.41, 5.74) is 1.46. The Morgan fingerprint density at radius 1 is 1.19 bits per heavy atom. The first kappa shape index (κ1) is 14.7. The smallest absolute Gasteiger partial charge is 0.256 e. The molecule has 0 spiro atoms. The Labute approximate surface area is 121 Å². The quantitative estimate of drug-likeness (QED) is 0.798. The van der Waals surface area contributed by atoms with E-state index in [-0.39, 0.29) is 18.4 Å². The summed E-state index contributed by atoms with van der Waals surface area (Å²) in [6.07, 6.45) is 1.53. The first-order valence-corrected chi connectivity index (χ1v) is 6.34. The molecule has 21 heavy (non-hydrogen) atoms. The second kappa shape index (κ2) is 6.62. The molecule has 0 aliphatic rings. The lowest BCUT2D eigenvalue weighted by Crippen LogP contribution is -2.15. The van der Waals surface area contributed by atoms with Crippen molar-refractivity contribution in [1.29, 1.82) is 0 Å². The van der Waals surface area contributed by atoms with E-state index in [1.165, 1.54) is 13.1 Å². The summed E-state index contributed by atoms with van der Waals surface area (Å²) in [5.74, 6) is -0.259. The van der Waals surface area contributed by atoms with Crippen molar-refractivity contribution in [2.24, 2.45) is 0 Å². The number of nitrogens with zero attached hydrogens (tertiary/aromatic N) is 1. The van der Waals surface area contributed by atoms with E-state index in [1.54, 1.807) is 36.4 Å². The van der Waals surface area contributed by atoms with Crippen molar-refractivity contribution >= 4 is 23.3 Å². The number of anilines is 2. The molecule has 2 aromatic rings. The molecule has 1 aromatic carbocycles. The van der Waals surface area contributed by atoms with Gasteiger partial charge in [-0.3, -0.25) is 9.59 Å². The Morgan fingerprint density at radius 2 is 2.00 bits per heavy atom. The van der Waals surface area contributed by atoms with Crippen LogP contribution in [0.25, 0.3) is 0 Å². The molecule has 0 atom stereocenters. The number of carbonyl (C=O) groups is 2. The van der Waals surface area contributed by atoms with Gasteiger partial charge in [0.2, 0.25) is 5.91 Å². The van der Waals surface area contributed by atoms with Crippen molar-refractivity contribution in [2.45, 2.75) is 13.5 Å². The van der Waals surface area contributed by atoms with Gasteiger partial charge >= 0.3 is 0 Å². The highest BCUT2D eigenvalue weighted by Gasteiger charge is 2.10. The third-order valence-corrected chi connectivity index (χ3v) is 2.74. The zero-order valence-electron chi connectivity index (χ0n) is 11.5. The van der Waals surface area contributed by atoms with Crippen molar-refractivity contribution in [3.05, 3.63) is 53.7 Å². The van der Waals surface area contributed by atoms with Gasteiger partial charge in [0.25, 0.3) is 5.91 Å². The second-order valence-electron chi connectivity index (χ2n) is 4.39. The molecule has 0 saturated carbocycles. The average Bonchev–Trinajstić information content (AvgIpc) is 2.47. The molecule has 0 bridgehead atoms. The molecule has 0 aliphatic carbocycles. The van der Waals surface area contributed by atoms with E-state index in [4.69, 9.17) is 0 Å². The van der Waals surface area contributed by atoms with E-state index in [0.717, 1.165) is 0 Å². The molecule has 0 aliphatic heterocycles. The molecule has 6 heteroatoms. The molecular formula is C15H15N3O3. The number of hydrogen-bond donors (Lipinski definition) is 3. The minimum absolute atomic E-state index is 0.208. The van der Waals surface area contributed by atoms with Gasteiger partial charge in [-0.05, 0) is 24.3 Å². The van der Waals surface area contributed by atoms with E-state index < -0.39 is 0 Å². The fourth-order valence-corrected chi connectivity index (χ4v) is 1.80. The Morgan fingerprint density at radius 3 is 2.71 bits per heavy atom. The van der Waals surface area contributed by atoms with E-state index >= 15 is 0 Å². The maximum Gasteiger partial charge on any atom is 0.256 e. The van der Waals surface area contributed by atoms with E-state index in [0.29, 0.717) is 22.6 Å². The van der Waals surface area contributed by atoms with Crippen LogP contribution >= 0.6 is 0 Å². The summed E-state index contributed by atoms with van der Waals surface area (Å²) in [7, 11) is 0. The van der Waals surface area contributed by atoms with Gasteiger partial charge in [0.1, 0.15) is 5.82 Å². The third kappa shape index (κ3) is 3.87. The SMILES string of the molecule is CC(=O)Nc1cccc(C(=O)Nc2ncccc2CO)c1. The summed E-state index contributed by atoms with van der Waals surface area (Å²) in [6, 6.07) is 9.92. The Kier molecular flexibility index (Phi) is 4.63. The number of carbonyl (C=O) groups excluding carboxylic acids is 2. The number of nitrogens with one attached hydrogen (secondary N) is 2. The maximum atomic E-state index is 12.2. The zero-order valence-corrected chi connectivity index (χ0v) is 11.5. The normalized spacial score (nSPS) is 10.0. The van der Waals surface area contributed by atoms with Crippen LogP contribution in [0.5, 0.6) is 0 Å². The van der Waals surface area contributed by atoms with Crippen LogP contribution in [0.2, 0.25) is 0 Å². The largest absolute Gasteiger partial charge is 0.392 e. The third-order valence-electron chi connectivity index (χ3n) is 2.74. The highest BCUT2D eigenvalue weighted by atomic mass is 16.3. The van der Waals surface area contributed by atoms with Crippen LogP contribution in [0.1, 0.15) is 22.8 Å². The van der Waals surface area contributed by atoms with E-state index in [2.05, 4.69) is 15.6 Å². The van der Waals surface area contributed by atoms with E-state index in [1.807, 2.05) is 0 Å². The number of aromatic nitrogens is 1. The van der Waals surface area contributed by atoms with Crippen LogP contribution in [-0.2, 0) is 11.4 Å². The van der Waals surface area contributed by atoms with Gasteiger partial charge in [-0.2, -0.15) is 0 Å². The summed E-state index contributed by atoms with van der Waals surface area (Å²) in [6.45, 7) is 1.18. The number of benzene rings is 1. The minimum atomic E-state index is -0.365. The fourth-order valence-electron chi connectivity index (χ4n) is 1.80. The van der Waals surface area contributed by atoms with Gasteiger partial charge < -0.3 is 15.7 Å². The highest BCUT2D eigenvalue weighted by Crippen LogP contribution is 2.15. The standard InChI is InChI=1S/C15H15N3O3/c1-10(20)17-13-6-2-4-11(8-13)15(21)18-14-12(9-19)5-3-7-16-14/h2-8,19H,9H2,1H3,(H,17,20)(H,16,18,21). The van der Waals surface area contributed by atoms with Gasteiger partial charge in [0, 0.05) is 29.9 Å². The van der Waals surface area contributed by atoms with Crippen LogP contribution in [0, 0.1) is 0 Å². The summed E-state index contributed by atoms with van der Waals surface area (Å²) in [5, 5.41) is 14.5. The van der Waals surface area contributed by atoms with Crippen LogP contribution in [0.4, 0.5) is 11.5 Å². The van der Waals surface area contributed by atoms with Crippen LogP contribution in [0.3, 0.4) is 0 Å². The van der Waals surface area contributed by atoms with Crippen molar-refractivity contribution < 1.29 is 14.7 Å². The molecule has 108 valence electrons. The molecule has 1 aromatic heterocycles. The molecule has 2 amide bonds. The zero-order chi connectivity index (χ0) is 15.2. The van der Waals surface area contributed by atoms with Gasteiger partial charge in [0.15, 0.2) is 0 Å². The number of aliphatic hydroxyl groups excluding tert-OH is 1. The number of hydrogen-bond acceptors (Lipinski definition) is 4. The van der Waals surface area contributed by atoms with E-state index in [9.17, 15) is 14.7 Å².